The van der Waals surface area contributed by atoms with Gasteiger partial charge in [-0.05, 0) is 44.0 Å². The van der Waals surface area contributed by atoms with Gasteiger partial charge in [-0.2, -0.15) is 5.10 Å². The molecule has 0 aliphatic carbocycles. The summed E-state index contributed by atoms with van der Waals surface area (Å²) in [6.45, 7) is 6.41. The fraction of sp³-hybridized carbons (Fsp3) is 0.333. The van der Waals surface area contributed by atoms with Crippen LogP contribution in [-0.2, 0) is 6.42 Å². The Balaban J connectivity index is 1.42. The maximum absolute atomic E-state index is 12.1. The number of amides is 1. The molecule has 2 heterocycles. The molecule has 158 valence electrons. The SMILES string of the molecule is CCNC(=NCCc1ccc(-n2cccn2)cc1)NCCNC(=O)c1scnc1C. The summed E-state index contributed by atoms with van der Waals surface area (Å²) in [6, 6.07) is 10.2. The highest BCUT2D eigenvalue weighted by molar-refractivity contribution is 7.11. The minimum Gasteiger partial charge on any atom is -0.357 e. The van der Waals surface area contributed by atoms with Crippen molar-refractivity contribution in [2.24, 2.45) is 4.99 Å². The van der Waals surface area contributed by atoms with Gasteiger partial charge in [0.2, 0.25) is 0 Å². The van der Waals surface area contributed by atoms with E-state index in [2.05, 4.69) is 55.3 Å². The molecule has 0 radical (unpaired) electrons. The summed E-state index contributed by atoms with van der Waals surface area (Å²) < 4.78 is 1.84. The van der Waals surface area contributed by atoms with Crippen molar-refractivity contribution in [3.63, 3.8) is 0 Å². The van der Waals surface area contributed by atoms with Crippen LogP contribution in [0.25, 0.3) is 5.69 Å². The second-order valence-corrected chi connectivity index (χ2v) is 7.43. The maximum atomic E-state index is 12.1. The third-order valence-electron chi connectivity index (χ3n) is 4.37. The Hall–Kier alpha value is -3.20. The lowest BCUT2D eigenvalue weighted by atomic mass is 10.1. The third kappa shape index (κ3) is 6.15. The van der Waals surface area contributed by atoms with Gasteiger partial charge < -0.3 is 16.0 Å². The fourth-order valence-electron chi connectivity index (χ4n) is 2.83. The van der Waals surface area contributed by atoms with Crippen LogP contribution in [0, 0.1) is 6.92 Å². The highest BCUT2D eigenvalue weighted by atomic mass is 32.1. The number of carbonyl (C=O) groups is 1. The van der Waals surface area contributed by atoms with E-state index in [1.54, 1.807) is 11.7 Å². The zero-order valence-electron chi connectivity index (χ0n) is 17.3. The minimum atomic E-state index is -0.0858. The topological polar surface area (TPSA) is 96.2 Å². The Kier molecular flexibility index (Phi) is 7.96. The van der Waals surface area contributed by atoms with Crippen molar-refractivity contribution >= 4 is 23.2 Å². The van der Waals surface area contributed by atoms with E-state index in [0.717, 1.165) is 30.3 Å². The molecule has 2 aromatic heterocycles. The van der Waals surface area contributed by atoms with Gasteiger partial charge in [0.05, 0.1) is 16.9 Å². The summed E-state index contributed by atoms with van der Waals surface area (Å²) >= 11 is 1.35. The van der Waals surface area contributed by atoms with Gasteiger partial charge in [0.1, 0.15) is 4.88 Å². The quantitative estimate of drug-likeness (QED) is 0.277. The summed E-state index contributed by atoms with van der Waals surface area (Å²) in [5.41, 5.74) is 4.71. The maximum Gasteiger partial charge on any atom is 0.263 e. The number of rotatable bonds is 9. The molecule has 3 N–H and O–H groups in total. The van der Waals surface area contributed by atoms with Crippen molar-refractivity contribution in [2.75, 3.05) is 26.2 Å². The van der Waals surface area contributed by atoms with Crippen LogP contribution in [0.1, 0.15) is 27.9 Å². The number of thiazole rings is 1. The first-order chi connectivity index (χ1) is 14.7. The predicted molar refractivity (Wildman–Crippen MR) is 120 cm³/mol. The molecule has 1 amide bonds. The number of benzene rings is 1. The van der Waals surface area contributed by atoms with Gasteiger partial charge in [0.15, 0.2) is 5.96 Å². The van der Waals surface area contributed by atoms with Gasteiger partial charge in [0, 0.05) is 38.6 Å². The molecule has 0 aliphatic heterocycles. The second kappa shape index (κ2) is 11.1. The summed E-state index contributed by atoms with van der Waals surface area (Å²) in [6.07, 6.45) is 4.54. The molecule has 3 rings (SSSR count). The molecular formula is C21H27N7OS. The van der Waals surface area contributed by atoms with Crippen LogP contribution < -0.4 is 16.0 Å². The summed E-state index contributed by atoms with van der Waals surface area (Å²) in [4.78, 5) is 21.5. The van der Waals surface area contributed by atoms with Crippen molar-refractivity contribution in [1.82, 2.24) is 30.7 Å². The number of aromatic nitrogens is 3. The fourth-order valence-corrected chi connectivity index (χ4v) is 3.55. The lowest BCUT2D eigenvalue weighted by Crippen LogP contribution is -2.41. The first kappa shape index (κ1) is 21.5. The van der Waals surface area contributed by atoms with Crippen molar-refractivity contribution in [3.8, 4) is 5.69 Å². The van der Waals surface area contributed by atoms with E-state index in [4.69, 9.17) is 0 Å². The number of nitrogens with zero attached hydrogens (tertiary/aromatic N) is 4. The van der Waals surface area contributed by atoms with E-state index in [1.807, 2.05) is 30.8 Å². The number of guanidine groups is 1. The molecule has 30 heavy (non-hydrogen) atoms. The van der Waals surface area contributed by atoms with Crippen LogP contribution >= 0.6 is 11.3 Å². The molecule has 0 spiro atoms. The van der Waals surface area contributed by atoms with Gasteiger partial charge >= 0.3 is 0 Å². The number of hydrogen-bond donors (Lipinski definition) is 3. The Bertz CT molecular complexity index is 948. The molecule has 1 aromatic carbocycles. The van der Waals surface area contributed by atoms with Crippen molar-refractivity contribution in [1.29, 1.82) is 0 Å². The molecule has 0 saturated heterocycles. The lowest BCUT2D eigenvalue weighted by molar-refractivity contribution is 0.0957. The number of nitrogens with one attached hydrogen (secondary N) is 3. The molecule has 0 saturated carbocycles. The second-order valence-electron chi connectivity index (χ2n) is 6.58. The van der Waals surface area contributed by atoms with Gasteiger partial charge in [-0.25, -0.2) is 9.67 Å². The van der Waals surface area contributed by atoms with Crippen LogP contribution in [0.15, 0.2) is 53.2 Å². The monoisotopic (exact) mass is 425 g/mol. The zero-order valence-corrected chi connectivity index (χ0v) is 18.1. The molecule has 0 fully saturated rings. The molecule has 9 heteroatoms. The molecule has 0 unspecified atom stereocenters. The van der Waals surface area contributed by atoms with E-state index in [1.165, 1.54) is 16.9 Å². The smallest absolute Gasteiger partial charge is 0.263 e. The van der Waals surface area contributed by atoms with Crippen LogP contribution in [-0.4, -0.2) is 52.8 Å². The van der Waals surface area contributed by atoms with Crippen molar-refractivity contribution < 1.29 is 4.79 Å². The van der Waals surface area contributed by atoms with Crippen molar-refractivity contribution in [3.05, 3.63) is 64.4 Å². The Morgan fingerprint density at radius 3 is 2.63 bits per heavy atom. The summed E-state index contributed by atoms with van der Waals surface area (Å²) in [7, 11) is 0. The van der Waals surface area contributed by atoms with Crippen LogP contribution in [0.4, 0.5) is 0 Å². The summed E-state index contributed by atoms with van der Waals surface area (Å²) in [5, 5.41) is 13.6. The predicted octanol–water partition coefficient (Wildman–Crippen LogP) is 2.16. The zero-order chi connectivity index (χ0) is 21.2. The lowest BCUT2D eigenvalue weighted by Gasteiger charge is -2.12. The van der Waals surface area contributed by atoms with Gasteiger partial charge in [-0.15, -0.1) is 11.3 Å². The molecule has 0 atom stereocenters. The highest BCUT2D eigenvalue weighted by Gasteiger charge is 2.10. The standard InChI is InChI=1S/C21H27N7OS/c1-3-22-21(25-13-12-23-20(29)19-16(2)26-15-30-19)24-11-9-17-5-7-18(8-6-17)28-14-4-10-27-28/h4-8,10,14-15H,3,9,11-13H2,1-2H3,(H,23,29)(H2,22,24,25). The molecule has 0 aliphatic rings. The Labute approximate surface area is 180 Å². The van der Waals surface area contributed by atoms with Gasteiger partial charge in [-0.3, -0.25) is 9.79 Å². The third-order valence-corrected chi connectivity index (χ3v) is 5.30. The van der Waals surface area contributed by atoms with Crippen LogP contribution in [0.3, 0.4) is 0 Å². The van der Waals surface area contributed by atoms with E-state index in [-0.39, 0.29) is 5.91 Å². The number of aryl methyl sites for hydroxylation is 1. The summed E-state index contributed by atoms with van der Waals surface area (Å²) in [5.74, 6) is 0.658. The highest BCUT2D eigenvalue weighted by Crippen LogP contribution is 2.11. The molecule has 3 aromatic rings. The number of aliphatic imine (C=N–C) groups is 1. The minimum absolute atomic E-state index is 0.0858. The first-order valence-electron chi connectivity index (χ1n) is 9.96. The first-order valence-corrected chi connectivity index (χ1v) is 10.8. The normalized spacial score (nSPS) is 11.3. The molecular weight excluding hydrogens is 398 g/mol. The van der Waals surface area contributed by atoms with Crippen LogP contribution in [0.2, 0.25) is 0 Å². The Morgan fingerprint density at radius 2 is 1.97 bits per heavy atom. The van der Waals surface area contributed by atoms with E-state index >= 15 is 0 Å². The molecule has 8 nitrogen and oxygen atoms in total. The number of carbonyl (C=O) groups excluding carboxylic acids is 1. The molecule has 0 bridgehead atoms. The van der Waals surface area contributed by atoms with Crippen molar-refractivity contribution in [2.45, 2.75) is 20.3 Å². The van der Waals surface area contributed by atoms with Gasteiger partial charge in [-0.1, -0.05) is 12.1 Å². The average Bonchev–Trinajstić information content (AvgIpc) is 3.43. The Morgan fingerprint density at radius 1 is 1.17 bits per heavy atom. The number of hydrogen-bond acceptors (Lipinski definition) is 5. The van der Waals surface area contributed by atoms with Gasteiger partial charge in [0.25, 0.3) is 5.91 Å². The van der Waals surface area contributed by atoms with E-state index in [9.17, 15) is 4.79 Å². The van der Waals surface area contributed by atoms with Crippen LogP contribution in [0.5, 0.6) is 0 Å². The average molecular weight is 426 g/mol. The van der Waals surface area contributed by atoms with E-state index < -0.39 is 0 Å². The van der Waals surface area contributed by atoms with E-state index in [0.29, 0.717) is 24.5 Å². The largest absolute Gasteiger partial charge is 0.357 e.